The van der Waals surface area contributed by atoms with Crippen LogP contribution in [0.4, 0.5) is 0 Å². The number of H-pyrrole nitrogens is 2. The van der Waals surface area contributed by atoms with Crippen molar-refractivity contribution in [3.8, 4) is 51.3 Å². The standard InChI is InChI=1S/C37H28N8O/c1-2-3-10-19-46-21-17-18-28-29(20-21)37-44-35-27-16-9-8-15-26(27)33(42-35)40-31-23-12-5-4-11-22(23)30(38-31)39-32-24-13-6-7-14-25(24)34(41-32)43-36(28)45-37/h4-9,11-18,20H,2-3,10,19H2,1H3,(H2,38,39,40,41,42,43,44,45). The Balaban J connectivity index is 1.40. The van der Waals surface area contributed by atoms with Gasteiger partial charge in [0.2, 0.25) is 0 Å². The van der Waals surface area contributed by atoms with Crippen molar-refractivity contribution >= 4 is 44.1 Å². The summed E-state index contributed by atoms with van der Waals surface area (Å²) >= 11 is 0. The van der Waals surface area contributed by atoms with Crippen LogP contribution in [0, 0.1) is 0 Å². The number of aromatic amines is 2. The van der Waals surface area contributed by atoms with E-state index >= 15 is 0 Å². The molecule has 2 N–H and O–H groups in total. The van der Waals surface area contributed by atoms with Gasteiger partial charge in [0.05, 0.1) is 6.61 Å². The quantitative estimate of drug-likeness (QED) is 0.190. The zero-order chi connectivity index (χ0) is 30.6. The lowest BCUT2D eigenvalue weighted by Gasteiger charge is -2.05. The Kier molecular flexibility index (Phi) is 6.09. The maximum Gasteiger partial charge on any atom is 0.164 e. The van der Waals surface area contributed by atoms with E-state index in [9.17, 15) is 0 Å². The van der Waals surface area contributed by atoms with Gasteiger partial charge in [0, 0.05) is 43.8 Å². The van der Waals surface area contributed by atoms with Crippen LogP contribution in [-0.2, 0) is 0 Å². The zero-order valence-electron chi connectivity index (χ0n) is 25.1. The second-order valence-electron chi connectivity index (χ2n) is 11.5. The van der Waals surface area contributed by atoms with Gasteiger partial charge in [0.1, 0.15) is 28.3 Å². The summed E-state index contributed by atoms with van der Waals surface area (Å²) < 4.78 is 6.14. The molecule has 9 rings (SSSR count). The van der Waals surface area contributed by atoms with Crippen molar-refractivity contribution in [1.29, 1.82) is 0 Å². The van der Waals surface area contributed by atoms with Gasteiger partial charge in [-0.25, -0.2) is 29.9 Å². The van der Waals surface area contributed by atoms with Crippen LogP contribution in [0.1, 0.15) is 26.2 Å². The summed E-state index contributed by atoms with van der Waals surface area (Å²) in [4.78, 5) is 37.2. The largest absolute Gasteiger partial charge is 0.494 e. The Morgan fingerprint density at radius 3 is 1.39 bits per heavy atom. The van der Waals surface area contributed by atoms with Crippen LogP contribution in [-0.4, -0.2) is 46.5 Å². The Morgan fingerprint density at radius 1 is 0.478 bits per heavy atom. The highest BCUT2D eigenvalue weighted by atomic mass is 16.5. The maximum atomic E-state index is 6.14. The van der Waals surface area contributed by atoms with Gasteiger partial charge < -0.3 is 14.7 Å². The van der Waals surface area contributed by atoms with Gasteiger partial charge in [-0.05, 0) is 24.6 Å². The molecule has 0 atom stereocenters. The number of benzene rings is 4. The molecule has 5 heterocycles. The predicted molar refractivity (Wildman–Crippen MR) is 181 cm³/mol. The summed E-state index contributed by atoms with van der Waals surface area (Å²) in [5.41, 5.74) is 6.30. The molecule has 7 aromatic rings. The summed E-state index contributed by atoms with van der Waals surface area (Å²) in [5.74, 6) is 3.11. The molecule has 9 heteroatoms. The van der Waals surface area contributed by atoms with Crippen LogP contribution >= 0.6 is 0 Å². The highest BCUT2D eigenvalue weighted by molar-refractivity contribution is 6.06. The predicted octanol–water partition coefficient (Wildman–Crippen LogP) is 8.44. The number of ether oxygens (including phenoxy) is 1. The highest BCUT2D eigenvalue weighted by Gasteiger charge is 2.22. The van der Waals surface area contributed by atoms with E-state index in [1.807, 2.05) is 91.0 Å². The monoisotopic (exact) mass is 600 g/mol. The van der Waals surface area contributed by atoms with E-state index in [0.29, 0.717) is 52.5 Å². The summed E-state index contributed by atoms with van der Waals surface area (Å²) in [6.45, 7) is 2.85. The van der Waals surface area contributed by atoms with Crippen LogP contribution in [0.25, 0.3) is 89.7 Å². The lowest BCUT2D eigenvalue weighted by Crippen LogP contribution is -1.96. The van der Waals surface area contributed by atoms with Gasteiger partial charge in [0.25, 0.3) is 0 Å². The van der Waals surface area contributed by atoms with Crippen molar-refractivity contribution in [3.63, 3.8) is 0 Å². The van der Waals surface area contributed by atoms with E-state index in [0.717, 1.165) is 68.8 Å². The molecule has 3 aromatic heterocycles. The Morgan fingerprint density at radius 2 is 0.913 bits per heavy atom. The van der Waals surface area contributed by atoms with Gasteiger partial charge in [-0.15, -0.1) is 0 Å². The van der Waals surface area contributed by atoms with Crippen LogP contribution in [0.5, 0.6) is 5.75 Å². The summed E-state index contributed by atoms with van der Waals surface area (Å²) in [7, 11) is 0. The SMILES string of the molecule is CCCCCOc1ccc2c3nc4nc(nc5[nH]c(nc6nc(nc([nH]3)c2c1)-c1ccccc1-6)c1ccccc51)-c1ccccc1-4. The molecule has 2 aliphatic heterocycles. The Bertz CT molecular complexity index is 2490. The fourth-order valence-corrected chi connectivity index (χ4v) is 6.25. The van der Waals surface area contributed by atoms with Gasteiger partial charge in [-0.3, -0.25) is 0 Å². The third-order valence-electron chi connectivity index (χ3n) is 8.54. The summed E-state index contributed by atoms with van der Waals surface area (Å²) in [6.07, 6.45) is 3.28. The van der Waals surface area contributed by atoms with E-state index in [4.69, 9.17) is 34.6 Å². The molecule has 0 radical (unpaired) electrons. The fraction of sp³-hybridized carbons (Fsp3) is 0.135. The third-order valence-corrected chi connectivity index (χ3v) is 8.54. The molecule has 46 heavy (non-hydrogen) atoms. The molecule has 222 valence electrons. The van der Waals surface area contributed by atoms with Crippen molar-refractivity contribution in [2.24, 2.45) is 0 Å². The Hall–Kier alpha value is -5.96. The van der Waals surface area contributed by atoms with Crippen molar-refractivity contribution < 1.29 is 4.74 Å². The molecule has 0 fully saturated rings. The van der Waals surface area contributed by atoms with Gasteiger partial charge in [-0.2, -0.15) is 0 Å². The lowest BCUT2D eigenvalue weighted by molar-refractivity contribution is 0.306. The van der Waals surface area contributed by atoms with E-state index < -0.39 is 0 Å². The van der Waals surface area contributed by atoms with E-state index in [1.165, 1.54) is 0 Å². The van der Waals surface area contributed by atoms with Crippen LogP contribution in [0.15, 0.2) is 91.0 Å². The summed E-state index contributed by atoms with van der Waals surface area (Å²) in [5, 5.41) is 3.70. The molecule has 0 unspecified atom stereocenters. The number of fused-ring (bicyclic) bond motifs is 20. The number of rotatable bonds is 5. The molecule has 4 aromatic carbocycles. The molecule has 2 aliphatic rings. The number of unbranched alkanes of at least 4 members (excludes halogenated alkanes) is 2. The first kappa shape index (κ1) is 26.4. The number of hydrogen-bond donors (Lipinski definition) is 2. The smallest absolute Gasteiger partial charge is 0.164 e. The zero-order valence-corrected chi connectivity index (χ0v) is 25.1. The molecule has 8 bridgehead atoms. The van der Waals surface area contributed by atoms with Crippen molar-refractivity contribution in [3.05, 3.63) is 91.0 Å². The molecule has 0 aliphatic carbocycles. The number of hydrogen-bond acceptors (Lipinski definition) is 7. The number of nitrogens with one attached hydrogen (secondary N) is 2. The van der Waals surface area contributed by atoms with E-state index in [1.54, 1.807) is 0 Å². The third kappa shape index (κ3) is 4.31. The molecule has 0 amide bonds. The van der Waals surface area contributed by atoms with E-state index in [2.05, 4.69) is 16.9 Å². The van der Waals surface area contributed by atoms with Crippen LogP contribution in [0.2, 0.25) is 0 Å². The number of nitrogens with zero attached hydrogens (tertiary/aromatic N) is 6. The number of aromatic nitrogens is 8. The Labute approximate surface area is 263 Å². The first-order chi connectivity index (χ1) is 22.7. The second-order valence-corrected chi connectivity index (χ2v) is 11.5. The van der Waals surface area contributed by atoms with Gasteiger partial charge >= 0.3 is 0 Å². The molecule has 0 saturated carbocycles. The van der Waals surface area contributed by atoms with Crippen molar-refractivity contribution in [2.45, 2.75) is 26.2 Å². The fourth-order valence-electron chi connectivity index (χ4n) is 6.25. The topological polar surface area (TPSA) is 118 Å². The molecule has 0 saturated heterocycles. The summed E-state index contributed by atoms with van der Waals surface area (Å²) in [6, 6.07) is 30.2. The molecule has 0 spiro atoms. The lowest BCUT2D eigenvalue weighted by atomic mass is 10.1. The minimum Gasteiger partial charge on any atom is -0.494 e. The molecular formula is C37H28N8O. The minimum absolute atomic E-state index is 0.574. The first-order valence-electron chi connectivity index (χ1n) is 15.6. The van der Waals surface area contributed by atoms with Crippen molar-refractivity contribution in [1.82, 2.24) is 39.9 Å². The average molecular weight is 601 g/mol. The van der Waals surface area contributed by atoms with Gasteiger partial charge in [-0.1, -0.05) is 92.6 Å². The van der Waals surface area contributed by atoms with Crippen LogP contribution < -0.4 is 4.74 Å². The highest BCUT2D eigenvalue weighted by Crippen LogP contribution is 2.37. The normalized spacial score (nSPS) is 11.9. The average Bonchev–Trinajstić information content (AvgIpc) is 3.82. The van der Waals surface area contributed by atoms with Crippen LogP contribution in [0.3, 0.4) is 0 Å². The maximum absolute atomic E-state index is 6.14. The van der Waals surface area contributed by atoms with Crippen molar-refractivity contribution in [2.75, 3.05) is 6.61 Å². The first-order valence-corrected chi connectivity index (χ1v) is 15.6. The van der Waals surface area contributed by atoms with Gasteiger partial charge in [0.15, 0.2) is 23.3 Å². The molecular weight excluding hydrogens is 572 g/mol. The van der Waals surface area contributed by atoms with E-state index in [-0.39, 0.29) is 0 Å². The molecule has 9 nitrogen and oxygen atoms in total. The minimum atomic E-state index is 0.574. The second kappa shape index (κ2) is 10.6.